The highest BCUT2D eigenvalue weighted by Crippen LogP contribution is 2.13. The molecular formula is C8H9N7O2S2. The largest absolute Gasteiger partial charge is 0.398 e. The van der Waals surface area contributed by atoms with Crippen molar-refractivity contribution in [3.05, 3.63) is 15.8 Å². The number of carbonyl (C=O) groups excluding carboxylic acids is 1. The highest BCUT2D eigenvalue weighted by molar-refractivity contribution is 7.71. The number of anilines is 1. The van der Waals surface area contributed by atoms with Gasteiger partial charge in [0.1, 0.15) is 12.8 Å². The van der Waals surface area contributed by atoms with Crippen molar-refractivity contribution in [2.24, 2.45) is 12.2 Å². The molecule has 2 rings (SSSR count). The number of aryl methyl sites for hydroxylation is 1. The van der Waals surface area contributed by atoms with Gasteiger partial charge in [-0.25, -0.2) is 9.67 Å². The number of hydrogen-bond acceptors (Lipinski definition) is 9. The van der Waals surface area contributed by atoms with Gasteiger partial charge in [-0.2, -0.15) is 0 Å². The van der Waals surface area contributed by atoms with Crippen molar-refractivity contribution in [3.63, 3.8) is 0 Å². The van der Waals surface area contributed by atoms with Gasteiger partial charge in [0.25, 0.3) is 0 Å². The van der Waals surface area contributed by atoms with E-state index < -0.39 is 5.91 Å². The molecule has 0 aliphatic carbocycles. The molecule has 0 spiro atoms. The number of aromatic nitrogens is 5. The van der Waals surface area contributed by atoms with Gasteiger partial charge in [-0.05, 0) is 22.6 Å². The minimum Gasteiger partial charge on any atom is -0.398 e. The Balaban J connectivity index is 2.47. The van der Waals surface area contributed by atoms with E-state index in [0.717, 1.165) is 4.68 Å². The Morgan fingerprint density at radius 1 is 1.58 bits per heavy atom. The van der Waals surface area contributed by atoms with Gasteiger partial charge in [0, 0.05) is 12.4 Å². The Kier molecular flexibility index (Phi) is 3.66. The topological polar surface area (TPSA) is 113 Å². The zero-order valence-corrected chi connectivity index (χ0v) is 11.6. The Morgan fingerprint density at radius 3 is 2.79 bits per heavy atom. The summed E-state index contributed by atoms with van der Waals surface area (Å²) in [4.78, 5) is 20.9. The van der Waals surface area contributed by atoms with Gasteiger partial charge in [-0.3, -0.25) is 4.79 Å². The molecule has 2 aromatic rings. The van der Waals surface area contributed by atoms with Crippen LogP contribution < -0.4 is 5.73 Å². The third kappa shape index (κ3) is 2.51. The summed E-state index contributed by atoms with van der Waals surface area (Å²) in [5.74, 6) is -0.592. The average Bonchev–Trinajstić information content (AvgIpc) is 2.94. The molecule has 2 aromatic heterocycles. The van der Waals surface area contributed by atoms with Gasteiger partial charge >= 0.3 is 5.91 Å². The molecule has 0 atom stereocenters. The van der Waals surface area contributed by atoms with Crippen LogP contribution in [0.1, 0.15) is 10.5 Å². The first-order valence-electron chi connectivity index (χ1n) is 4.91. The molecule has 0 aliphatic rings. The van der Waals surface area contributed by atoms with Crippen molar-refractivity contribution >= 4 is 40.3 Å². The van der Waals surface area contributed by atoms with E-state index in [1.54, 1.807) is 12.4 Å². The summed E-state index contributed by atoms with van der Waals surface area (Å²) >= 11 is 6.19. The normalized spacial score (nSPS) is 11.6. The zero-order valence-electron chi connectivity index (χ0n) is 9.97. The lowest BCUT2D eigenvalue weighted by molar-refractivity contribution is 0.0964. The number of nitrogens with two attached hydrogens (primary N) is 1. The first kappa shape index (κ1) is 13.3. The molecular weight excluding hydrogens is 290 g/mol. The minimum atomic E-state index is -0.592. The molecule has 0 saturated carbocycles. The summed E-state index contributed by atoms with van der Waals surface area (Å²) in [7, 11) is 2.89. The number of nitrogens with zero attached hydrogens (tertiary/aromatic N) is 6. The predicted octanol–water partition coefficient (Wildman–Crippen LogP) is 0.0757. The van der Waals surface area contributed by atoms with E-state index in [9.17, 15) is 4.79 Å². The fourth-order valence-corrected chi connectivity index (χ4v) is 1.93. The van der Waals surface area contributed by atoms with Crippen LogP contribution in [0.5, 0.6) is 0 Å². The van der Waals surface area contributed by atoms with E-state index in [2.05, 4.69) is 25.4 Å². The SMILES string of the molecule is CO/N=C(/C(=O)n1nnn(C)c1=S)c1csc(N)n1. The second kappa shape index (κ2) is 5.24. The minimum absolute atomic E-state index is 0.0490. The van der Waals surface area contributed by atoms with Crippen LogP contribution in [0, 0.1) is 4.77 Å². The van der Waals surface area contributed by atoms with Crippen LogP contribution in [0.2, 0.25) is 0 Å². The van der Waals surface area contributed by atoms with Crippen molar-refractivity contribution in [2.75, 3.05) is 12.8 Å². The third-order valence-electron chi connectivity index (χ3n) is 2.06. The Hall–Kier alpha value is -2.14. The molecule has 2 N–H and O–H groups in total. The van der Waals surface area contributed by atoms with E-state index in [4.69, 9.17) is 18.0 Å². The molecule has 0 saturated heterocycles. The molecule has 0 bridgehead atoms. The lowest BCUT2D eigenvalue weighted by Crippen LogP contribution is -2.25. The van der Waals surface area contributed by atoms with E-state index in [0.29, 0.717) is 10.8 Å². The first-order valence-corrected chi connectivity index (χ1v) is 6.19. The highest BCUT2D eigenvalue weighted by atomic mass is 32.1. The molecule has 9 nitrogen and oxygen atoms in total. The second-order valence-electron chi connectivity index (χ2n) is 3.30. The fraction of sp³-hybridized carbons (Fsp3) is 0.250. The molecule has 0 amide bonds. The Morgan fingerprint density at radius 2 is 2.32 bits per heavy atom. The van der Waals surface area contributed by atoms with Crippen molar-refractivity contribution in [1.29, 1.82) is 0 Å². The van der Waals surface area contributed by atoms with Crippen LogP contribution in [0.25, 0.3) is 0 Å². The summed E-state index contributed by atoms with van der Waals surface area (Å²) in [5.41, 5.74) is 5.77. The first-order chi connectivity index (χ1) is 9.04. The van der Waals surface area contributed by atoms with Gasteiger partial charge in [0.05, 0.1) is 0 Å². The quantitative estimate of drug-likeness (QED) is 0.369. The van der Waals surface area contributed by atoms with E-state index in [1.807, 2.05) is 0 Å². The number of hydrogen-bond donors (Lipinski definition) is 1. The molecule has 0 aromatic carbocycles. The van der Waals surface area contributed by atoms with Gasteiger partial charge in [-0.15, -0.1) is 16.0 Å². The summed E-state index contributed by atoms with van der Waals surface area (Å²) < 4.78 is 2.35. The second-order valence-corrected chi connectivity index (χ2v) is 4.55. The van der Waals surface area contributed by atoms with Crippen LogP contribution in [0.4, 0.5) is 5.13 Å². The summed E-state index contributed by atoms with van der Waals surface area (Å²) in [6.45, 7) is 0. The number of carbonyl (C=O) groups is 1. The number of rotatable bonds is 3. The molecule has 2 heterocycles. The molecule has 0 radical (unpaired) electrons. The van der Waals surface area contributed by atoms with Crippen LogP contribution in [-0.2, 0) is 11.9 Å². The van der Waals surface area contributed by atoms with E-state index >= 15 is 0 Å². The zero-order chi connectivity index (χ0) is 14.0. The van der Waals surface area contributed by atoms with Gasteiger partial charge in [-0.1, -0.05) is 5.16 Å². The van der Waals surface area contributed by atoms with Gasteiger partial charge < -0.3 is 10.6 Å². The van der Waals surface area contributed by atoms with Crippen LogP contribution in [-0.4, -0.2) is 43.5 Å². The van der Waals surface area contributed by atoms with Crippen molar-refractivity contribution in [2.45, 2.75) is 0 Å². The van der Waals surface area contributed by atoms with Gasteiger partial charge in [0.2, 0.25) is 4.77 Å². The molecule has 0 fully saturated rings. The number of oxime groups is 1. The third-order valence-corrected chi connectivity index (χ3v) is 3.17. The lowest BCUT2D eigenvalue weighted by atomic mass is 10.3. The average molecular weight is 299 g/mol. The number of tetrazole rings is 1. The maximum atomic E-state index is 12.3. The van der Waals surface area contributed by atoms with Crippen LogP contribution in [0.3, 0.4) is 0 Å². The van der Waals surface area contributed by atoms with E-state index in [1.165, 1.54) is 23.1 Å². The fourth-order valence-electron chi connectivity index (χ4n) is 1.22. The van der Waals surface area contributed by atoms with Crippen LogP contribution >= 0.6 is 23.6 Å². The maximum Gasteiger partial charge on any atom is 0.306 e. The molecule has 100 valence electrons. The lowest BCUT2D eigenvalue weighted by Gasteiger charge is -2.00. The van der Waals surface area contributed by atoms with Crippen molar-refractivity contribution in [3.8, 4) is 0 Å². The molecule has 0 unspecified atom stereocenters. The van der Waals surface area contributed by atoms with Crippen molar-refractivity contribution < 1.29 is 9.63 Å². The summed E-state index contributed by atoms with van der Waals surface area (Å²) in [6, 6.07) is 0. The predicted molar refractivity (Wildman–Crippen MR) is 70.5 cm³/mol. The molecule has 19 heavy (non-hydrogen) atoms. The van der Waals surface area contributed by atoms with Crippen LogP contribution in [0.15, 0.2) is 10.5 Å². The maximum absolute atomic E-state index is 12.3. The number of thiazole rings is 1. The summed E-state index contributed by atoms with van der Waals surface area (Å²) in [6.07, 6.45) is 0. The smallest absolute Gasteiger partial charge is 0.306 e. The van der Waals surface area contributed by atoms with Gasteiger partial charge in [0.15, 0.2) is 10.8 Å². The molecule has 0 aliphatic heterocycles. The molecule has 11 heteroatoms. The Labute approximate surface area is 116 Å². The highest BCUT2D eigenvalue weighted by Gasteiger charge is 2.22. The standard InChI is InChI=1S/C8H9N7O2S2/c1-14-8(18)15(13-12-14)6(16)5(11-17-2)4-3-19-7(9)10-4/h3H,1-2H3,(H2,9,10)/b11-5+. The van der Waals surface area contributed by atoms with Crippen molar-refractivity contribution in [1.82, 2.24) is 24.8 Å². The van der Waals surface area contributed by atoms with E-state index in [-0.39, 0.29) is 10.5 Å². The number of nitrogen functional groups attached to an aromatic ring is 1. The monoisotopic (exact) mass is 299 g/mol. The summed E-state index contributed by atoms with van der Waals surface area (Å²) in [5, 5.41) is 12.8. The Bertz CT molecular complexity index is 698.